The summed E-state index contributed by atoms with van der Waals surface area (Å²) >= 11 is 0. The molecule has 5 nitrogen and oxygen atoms in total. The van der Waals surface area contributed by atoms with Gasteiger partial charge in [0.1, 0.15) is 5.78 Å². The van der Waals surface area contributed by atoms with Gasteiger partial charge in [0, 0.05) is 19.5 Å². The van der Waals surface area contributed by atoms with Crippen molar-refractivity contribution < 1.29 is 19.2 Å². The molecule has 0 radical (unpaired) electrons. The van der Waals surface area contributed by atoms with E-state index in [1.807, 2.05) is 13.8 Å². The van der Waals surface area contributed by atoms with E-state index in [9.17, 15) is 19.2 Å². The highest BCUT2D eigenvalue weighted by atomic mass is 16.2. The summed E-state index contributed by atoms with van der Waals surface area (Å²) in [5.41, 5.74) is 0. The molecule has 114 valence electrons. The highest BCUT2D eigenvalue weighted by molar-refractivity contribution is 6.39. The van der Waals surface area contributed by atoms with E-state index in [0.717, 1.165) is 12.8 Å². The van der Waals surface area contributed by atoms with E-state index in [1.54, 1.807) is 6.92 Å². The average molecular weight is 283 g/mol. The number of rotatable bonds is 10. The Morgan fingerprint density at radius 1 is 0.900 bits per heavy atom. The molecule has 0 spiro atoms. The number of nitrogens with zero attached hydrogens (tertiary/aromatic N) is 1. The molecule has 0 N–H and O–H groups in total. The minimum absolute atomic E-state index is 0.200. The van der Waals surface area contributed by atoms with Crippen molar-refractivity contribution in [3.05, 3.63) is 0 Å². The summed E-state index contributed by atoms with van der Waals surface area (Å²) in [6.45, 7) is 8.03. The molecule has 1 amide bonds. The van der Waals surface area contributed by atoms with Crippen molar-refractivity contribution in [1.29, 1.82) is 0 Å². The van der Waals surface area contributed by atoms with Crippen LogP contribution in [0.25, 0.3) is 0 Å². The molecule has 0 bridgehead atoms. The number of carbonyl (C=O) groups excluding carboxylic acids is 4. The second-order valence-corrected chi connectivity index (χ2v) is 4.90. The molecule has 0 heterocycles. The summed E-state index contributed by atoms with van der Waals surface area (Å²) in [6, 6.07) is 0. The number of Topliss-reactive ketones (excluding diaryl/α,β-unsaturated/α-hetero) is 3. The van der Waals surface area contributed by atoms with Crippen molar-refractivity contribution in [3.8, 4) is 0 Å². The summed E-state index contributed by atoms with van der Waals surface area (Å²) in [5.74, 6) is -2.80. The molecule has 0 aliphatic rings. The van der Waals surface area contributed by atoms with Crippen LogP contribution in [-0.4, -0.2) is 41.2 Å². The molecule has 0 aliphatic heterocycles. The summed E-state index contributed by atoms with van der Waals surface area (Å²) in [7, 11) is 0. The van der Waals surface area contributed by atoms with Crippen molar-refractivity contribution in [2.45, 2.75) is 53.4 Å². The fourth-order valence-corrected chi connectivity index (χ4v) is 1.90. The van der Waals surface area contributed by atoms with Crippen molar-refractivity contribution in [2.24, 2.45) is 5.92 Å². The molecule has 0 fully saturated rings. The van der Waals surface area contributed by atoms with Gasteiger partial charge in [-0.1, -0.05) is 20.8 Å². The normalized spacial score (nSPS) is 11.8. The van der Waals surface area contributed by atoms with Crippen molar-refractivity contribution in [1.82, 2.24) is 4.90 Å². The Balaban J connectivity index is 4.62. The lowest BCUT2D eigenvalue weighted by Crippen LogP contribution is -2.39. The van der Waals surface area contributed by atoms with Gasteiger partial charge in [0.15, 0.2) is 5.78 Å². The maximum absolute atomic E-state index is 12.0. The van der Waals surface area contributed by atoms with Gasteiger partial charge in [-0.05, 0) is 19.8 Å². The summed E-state index contributed by atoms with van der Waals surface area (Å²) in [4.78, 5) is 48.5. The molecular formula is C15H25NO4. The maximum atomic E-state index is 12.0. The lowest BCUT2D eigenvalue weighted by atomic mass is 9.95. The molecule has 0 unspecified atom stereocenters. The first-order valence-electron chi connectivity index (χ1n) is 7.26. The highest BCUT2D eigenvalue weighted by Crippen LogP contribution is 2.07. The third-order valence-electron chi connectivity index (χ3n) is 3.16. The Bertz CT molecular complexity index is 370. The summed E-state index contributed by atoms with van der Waals surface area (Å²) < 4.78 is 0. The summed E-state index contributed by atoms with van der Waals surface area (Å²) in [6.07, 6.45) is 1.30. The van der Waals surface area contributed by atoms with Gasteiger partial charge in [0.05, 0.1) is 12.3 Å². The number of hydrogen-bond acceptors (Lipinski definition) is 4. The first kappa shape index (κ1) is 18.5. The van der Waals surface area contributed by atoms with Crippen LogP contribution in [0, 0.1) is 5.92 Å². The van der Waals surface area contributed by atoms with E-state index >= 15 is 0 Å². The fraction of sp³-hybridized carbons (Fsp3) is 0.733. The van der Waals surface area contributed by atoms with E-state index in [0.29, 0.717) is 13.1 Å². The standard InChI is InChI=1S/C15H25NO4/c1-5-8-16(9-6-2)15(20)14(19)10-13(18)11(4)12(17)7-3/h11H,5-10H2,1-4H3/t11-/m1/s1. The molecular weight excluding hydrogens is 258 g/mol. The van der Waals surface area contributed by atoms with Gasteiger partial charge < -0.3 is 4.90 Å². The lowest BCUT2D eigenvalue weighted by Gasteiger charge is -2.20. The molecule has 0 aliphatic carbocycles. The minimum atomic E-state index is -0.803. The molecule has 0 saturated carbocycles. The van der Waals surface area contributed by atoms with Crippen LogP contribution < -0.4 is 0 Å². The highest BCUT2D eigenvalue weighted by Gasteiger charge is 2.27. The van der Waals surface area contributed by atoms with E-state index < -0.39 is 29.8 Å². The quantitative estimate of drug-likeness (QED) is 0.452. The van der Waals surface area contributed by atoms with Gasteiger partial charge in [-0.3, -0.25) is 19.2 Å². The number of carbonyl (C=O) groups is 4. The first-order valence-corrected chi connectivity index (χ1v) is 7.26. The van der Waals surface area contributed by atoms with Gasteiger partial charge in [0.2, 0.25) is 5.78 Å². The number of amides is 1. The van der Waals surface area contributed by atoms with Crippen molar-refractivity contribution >= 4 is 23.3 Å². The van der Waals surface area contributed by atoms with Crippen LogP contribution in [0.2, 0.25) is 0 Å². The van der Waals surface area contributed by atoms with E-state index in [1.165, 1.54) is 11.8 Å². The number of hydrogen-bond donors (Lipinski definition) is 0. The predicted molar refractivity (Wildman–Crippen MR) is 76.3 cm³/mol. The van der Waals surface area contributed by atoms with Crippen LogP contribution in [0.15, 0.2) is 0 Å². The first-order chi connectivity index (χ1) is 9.38. The molecule has 0 rings (SSSR count). The Morgan fingerprint density at radius 2 is 1.40 bits per heavy atom. The predicted octanol–water partition coefficient (Wildman–Crippen LogP) is 1.78. The zero-order valence-corrected chi connectivity index (χ0v) is 12.9. The lowest BCUT2D eigenvalue weighted by molar-refractivity contribution is -0.147. The molecule has 0 aromatic rings. The summed E-state index contributed by atoms with van der Waals surface area (Å²) in [5, 5.41) is 0. The zero-order chi connectivity index (χ0) is 15.7. The Kier molecular flexibility index (Phi) is 8.68. The largest absolute Gasteiger partial charge is 0.336 e. The van der Waals surface area contributed by atoms with Gasteiger partial charge in [-0.2, -0.15) is 0 Å². The SMILES string of the molecule is CCCN(CCC)C(=O)C(=O)CC(=O)[C@H](C)C(=O)CC. The van der Waals surface area contributed by atoms with Crippen LogP contribution in [-0.2, 0) is 19.2 Å². The fourth-order valence-electron chi connectivity index (χ4n) is 1.90. The van der Waals surface area contributed by atoms with Crippen molar-refractivity contribution in [3.63, 3.8) is 0 Å². The van der Waals surface area contributed by atoms with E-state index in [4.69, 9.17) is 0 Å². The van der Waals surface area contributed by atoms with Crippen LogP contribution in [0.5, 0.6) is 0 Å². The van der Waals surface area contributed by atoms with Crippen LogP contribution in [0.1, 0.15) is 53.4 Å². The van der Waals surface area contributed by atoms with E-state index in [-0.39, 0.29) is 12.2 Å². The topological polar surface area (TPSA) is 71.5 Å². The molecule has 1 atom stereocenters. The second kappa shape index (κ2) is 9.39. The van der Waals surface area contributed by atoms with Gasteiger partial charge in [-0.15, -0.1) is 0 Å². The van der Waals surface area contributed by atoms with Crippen LogP contribution in [0.4, 0.5) is 0 Å². The smallest absolute Gasteiger partial charge is 0.290 e. The molecule has 0 aromatic heterocycles. The Morgan fingerprint density at radius 3 is 1.80 bits per heavy atom. The third kappa shape index (κ3) is 5.63. The molecule has 20 heavy (non-hydrogen) atoms. The average Bonchev–Trinajstić information content (AvgIpc) is 2.44. The molecule has 0 aromatic carbocycles. The van der Waals surface area contributed by atoms with E-state index in [2.05, 4.69) is 0 Å². The second-order valence-electron chi connectivity index (χ2n) is 4.90. The molecule has 5 heteroatoms. The third-order valence-corrected chi connectivity index (χ3v) is 3.16. The van der Waals surface area contributed by atoms with Gasteiger partial charge in [-0.25, -0.2) is 0 Å². The Hall–Kier alpha value is -1.52. The minimum Gasteiger partial charge on any atom is -0.336 e. The van der Waals surface area contributed by atoms with Crippen LogP contribution in [0.3, 0.4) is 0 Å². The Labute approximate surface area is 120 Å². The van der Waals surface area contributed by atoms with Crippen molar-refractivity contribution in [2.75, 3.05) is 13.1 Å². The van der Waals surface area contributed by atoms with Gasteiger partial charge >= 0.3 is 0 Å². The molecule has 0 saturated heterocycles. The van der Waals surface area contributed by atoms with Crippen LogP contribution >= 0.6 is 0 Å². The monoisotopic (exact) mass is 283 g/mol. The number of ketones is 3. The van der Waals surface area contributed by atoms with Gasteiger partial charge in [0.25, 0.3) is 5.91 Å². The zero-order valence-electron chi connectivity index (χ0n) is 12.9. The maximum Gasteiger partial charge on any atom is 0.290 e.